The van der Waals surface area contributed by atoms with E-state index in [1.807, 2.05) is 6.92 Å². The first kappa shape index (κ1) is 20.3. The molecule has 0 fully saturated rings. The predicted molar refractivity (Wildman–Crippen MR) is 93.2 cm³/mol. The van der Waals surface area contributed by atoms with E-state index in [-0.39, 0.29) is 5.91 Å². The molecule has 0 aliphatic carbocycles. The Bertz CT molecular complexity index is 738. The number of ether oxygens (including phenoxy) is 1. The van der Waals surface area contributed by atoms with Crippen LogP contribution in [0.25, 0.3) is 0 Å². The molecule has 1 N–H and O–H groups in total. The Balaban J connectivity index is 2.08. The van der Waals surface area contributed by atoms with E-state index in [2.05, 4.69) is 10.3 Å². The van der Waals surface area contributed by atoms with Crippen LogP contribution in [0.5, 0.6) is 0 Å². The average molecular weight is 384 g/mol. The molecule has 1 aromatic carbocycles. The fourth-order valence-corrected chi connectivity index (χ4v) is 3.05. The van der Waals surface area contributed by atoms with Crippen LogP contribution in [-0.4, -0.2) is 30.6 Å². The van der Waals surface area contributed by atoms with Crippen LogP contribution in [0, 0.1) is 0 Å². The zero-order chi connectivity index (χ0) is 19.0. The summed E-state index contributed by atoms with van der Waals surface area (Å²) in [6.45, 7) is 3.51. The number of hydrogen-bond donors (Lipinski definition) is 1. The fourth-order valence-electron chi connectivity index (χ4n) is 2.11. The summed E-state index contributed by atoms with van der Waals surface area (Å²) >= 11 is 1.02. The number of carbonyl (C=O) groups excluding carboxylic acids is 1. The van der Waals surface area contributed by atoms with Crippen molar-refractivity contribution in [3.8, 4) is 0 Å². The minimum Gasteiger partial charge on any atom is -0.382 e. The van der Waals surface area contributed by atoms with Crippen molar-refractivity contribution in [3.05, 3.63) is 53.7 Å². The van der Waals surface area contributed by atoms with Gasteiger partial charge in [-0.15, -0.1) is 0 Å². The highest BCUT2D eigenvalue weighted by molar-refractivity contribution is 7.99. The predicted octanol–water partition coefficient (Wildman–Crippen LogP) is 4.41. The summed E-state index contributed by atoms with van der Waals surface area (Å²) in [5.74, 6) is -0.316. The van der Waals surface area contributed by atoms with Gasteiger partial charge in [-0.25, -0.2) is 4.98 Å². The maximum absolute atomic E-state index is 12.8. The second-order valence-corrected chi connectivity index (χ2v) is 6.35. The topological polar surface area (TPSA) is 51.2 Å². The van der Waals surface area contributed by atoms with Crippen LogP contribution in [0.4, 0.5) is 13.2 Å². The molecule has 0 saturated heterocycles. The zero-order valence-corrected chi connectivity index (χ0v) is 15.0. The van der Waals surface area contributed by atoms with E-state index in [1.54, 1.807) is 18.2 Å². The number of nitrogens with zero attached hydrogens (tertiary/aromatic N) is 1. The minimum absolute atomic E-state index is 0.316. The van der Waals surface area contributed by atoms with E-state index in [0.29, 0.717) is 41.7 Å². The molecular formula is C18H19F3N2O2S. The first-order chi connectivity index (χ1) is 12.4. The van der Waals surface area contributed by atoms with Crippen molar-refractivity contribution in [2.75, 3.05) is 19.8 Å². The molecule has 26 heavy (non-hydrogen) atoms. The van der Waals surface area contributed by atoms with Gasteiger partial charge in [0.25, 0.3) is 5.91 Å². The van der Waals surface area contributed by atoms with E-state index in [4.69, 9.17) is 4.74 Å². The number of alkyl halides is 3. The number of halogens is 3. The standard InChI is InChI=1S/C18H19F3N2O2S/c1-2-25-11-5-10-22-16(24)15-8-4-9-23-17(15)26-14-7-3-6-13(12-14)18(19,20)21/h3-4,6-9,12H,2,5,10-11H2,1H3,(H,22,24). The molecule has 2 aromatic rings. The molecule has 0 radical (unpaired) electrons. The molecule has 1 heterocycles. The summed E-state index contributed by atoms with van der Waals surface area (Å²) in [4.78, 5) is 16.8. The molecule has 2 rings (SSSR count). The van der Waals surface area contributed by atoms with Gasteiger partial charge >= 0.3 is 6.18 Å². The number of nitrogens with one attached hydrogen (secondary N) is 1. The third-order valence-corrected chi connectivity index (χ3v) is 4.36. The molecule has 1 amide bonds. The van der Waals surface area contributed by atoms with Crippen molar-refractivity contribution in [2.45, 2.75) is 29.4 Å². The van der Waals surface area contributed by atoms with Crippen LogP contribution < -0.4 is 5.32 Å². The monoisotopic (exact) mass is 384 g/mol. The zero-order valence-electron chi connectivity index (χ0n) is 14.2. The summed E-state index contributed by atoms with van der Waals surface area (Å²) in [6, 6.07) is 8.16. The lowest BCUT2D eigenvalue weighted by Crippen LogP contribution is -2.26. The Hall–Kier alpha value is -2.06. The summed E-state index contributed by atoms with van der Waals surface area (Å²) in [7, 11) is 0. The van der Waals surface area contributed by atoms with E-state index in [0.717, 1.165) is 23.9 Å². The smallest absolute Gasteiger partial charge is 0.382 e. The van der Waals surface area contributed by atoms with Crippen molar-refractivity contribution in [1.82, 2.24) is 10.3 Å². The third kappa shape index (κ3) is 6.03. The lowest BCUT2D eigenvalue weighted by atomic mass is 10.2. The largest absolute Gasteiger partial charge is 0.416 e. The lowest BCUT2D eigenvalue weighted by molar-refractivity contribution is -0.137. The lowest BCUT2D eigenvalue weighted by Gasteiger charge is -2.11. The van der Waals surface area contributed by atoms with Crippen LogP contribution in [0.2, 0.25) is 0 Å². The van der Waals surface area contributed by atoms with Gasteiger partial charge < -0.3 is 10.1 Å². The molecule has 0 atom stereocenters. The van der Waals surface area contributed by atoms with Gasteiger partial charge in [0.2, 0.25) is 0 Å². The van der Waals surface area contributed by atoms with E-state index in [1.165, 1.54) is 12.3 Å². The molecule has 1 aromatic heterocycles. The molecule has 8 heteroatoms. The molecule has 4 nitrogen and oxygen atoms in total. The molecular weight excluding hydrogens is 365 g/mol. The Morgan fingerprint density at radius 3 is 2.81 bits per heavy atom. The van der Waals surface area contributed by atoms with E-state index < -0.39 is 11.7 Å². The van der Waals surface area contributed by atoms with Crippen molar-refractivity contribution in [1.29, 1.82) is 0 Å². The highest BCUT2D eigenvalue weighted by Gasteiger charge is 2.30. The van der Waals surface area contributed by atoms with Crippen LogP contribution >= 0.6 is 11.8 Å². The summed E-state index contributed by atoms with van der Waals surface area (Å²) in [6.07, 6.45) is -2.24. The van der Waals surface area contributed by atoms with E-state index in [9.17, 15) is 18.0 Å². The second-order valence-electron chi connectivity index (χ2n) is 5.29. The Kier molecular flexibility index (Phi) is 7.47. The molecule has 0 aliphatic rings. The molecule has 0 saturated carbocycles. The molecule has 0 aliphatic heterocycles. The van der Waals surface area contributed by atoms with Crippen molar-refractivity contribution >= 4 is 17.7 Å². The Morgan fingerprint density at radius 2 is 2.08 bits per heavy atom. The second kappa shape index (κ2) is 9.59. The number of pyridine rings is 1. The molecule has 0 bridgehead atoms. The van der Waals surface area contributed by atoms with Gasteiger partial charge in [-0.2, -0.15) is 13.2 Å². The first-order valence-corrected chi connectivity index (χ1v) is 8.89. The number of aromatic nitrogens is 1. The number of hydrogen-bond acceptors (Lipinski definition) is 4. The highest BCUT2D eigenvalue weighted by atomic mass is 32.2. The molecule has 0 unspecified atom stereocenters. The summed E-state index contributed by atoms with van der Waals surface area (Å²) in [5.41, 5.74) is -0.410. The number of benzene rings is 1. The maximum Gasteiger partial charge on any atom is 0.416 e. The van der Waals surface area contributed by atoms with Crippen molar-refractivity contribution < 1.29 is 22.7 Å². The number of rotatable bonds is 8. The Labute approximate surface area is 154 Å². The van der Waals surface area contributed by atoms with Gasteiger partial charge in [0.05, 0.1) is 11.1 Å². The van der Waals surface area contributed by atoms with Gasteiger partial charge in [-0.1, -0.05) is 17.8 Å². The summed E-state index contributed by atoms with van der Waals surface area (Å²) < 4.78 is 43.7. The Morgan fingerprint density at radius 1 is 1.27 bits per heavy atom. The minimum atomic E-state index is -4.42. The van der Waals surface area contributed by atoms with Gasteiger partial charge in [-0.05, 0) is 43.7 Å². The van der Waals surface area contributed by atoms with Gasteiger partial charge in [0.15, 0.2) is 0 Å². The third-order valence-electron chi connectivity index (χ3n) is 3.35. The van der Waals surface area contributed by atoms with Crippen LogP contribution in [0.1, 0.15) is 29.3 Å². The maximum atomic E-state index is 12.8. The van der Waals surface area contributed by atoms with Crippen molar-refractivity contribution in [3.63, 3.8) is 0 Å². The SMILES string of the molecule is CCOCCCNC(=O)c1cccnc1Sc1cccc(C(F)(F)F)c1. The quantitative estimate of drug-likeness (QED) is 0.685. The van der Waals surface area contributed by atoms with Crippen LogP contribution in [-0.2, 0) is 10.9 Å². The van der Waals surface area contributed by atoms with Gasteiger partial charge in [0, 0.05) is 30.9 Å². The van der Waals surface area contributed by atoms with Crippen LogP contribution in [0.15, 0.2) is 52.5 Å². The average Bonchev–Trinajstić information content (AvgIpc) is 2.61. The molecule has 140 valence electrons. The van der Waals surface area contributed by atoms with Crippen LogP contribution in [0.3, 0.4) is 0 Å². The van der Waals surface area contributed by atoms with E-state index >= 15 is 0 Å². The van der Waals surface area contributed by atoms with Gasteiger partial charge in [-0.3, -0.25) is 4.79 Å². The van der Waals surface area contributed by atoms with Gasteiger partial charge in [0.1, 0.15) is 5.03 Å². The number of amides is 1. The summed E-state index contributed by atoms with van der Waals surface area (Å²) in [5, 5.41) is 3.12. The fraction of sp³-hybridized carbons (Fsp3) is 0.333. The van der Waals surface area contributed by atoms with Crippen molar-refractivity contribution in [2.24, 2.45) is 0 Å². The highest BCUT2D eigenvalue weighted by Crippen LogP contribution is 2.34. The normalized spacial score (nSPS) is 11.4. The molecule has 0 spiro atoms. The number of carbonyl (C=O) groups is 1. The first-order valence-electron chi connectivity index (χ1n) is 8.08.